The zero-order valence-electron chi connectivity index (χ0n) is 16.9. The van der Waals surface area contributed by atoms with Crippen LogP contribution in [0.3, 0.4) is 0 Å². The van der Waals surface area contributed by atoms with Gasteiger partial charge >= 0.3 is 6.18 Å². The van der Waals surface area contributed by atoms with Crippen LogP contribution in [-0.2, 0) is 9.84 Å². The highest BCUT2D eigenvalue weighted by molar-refractivity contribution is 7.91. The highest BCUT2D eigenvalue weighted by atomic mass is 32.2. The number of rotatable bonds is 6. The number of nitrogens with zero attached hydrogens (tertiary/aromatic N) is 3. The van der Waals surface area contributed by atoms with Crippen LogP contribution in [0.4, 0.5) is 19.0 Å². The van der Waals surface area contributed by atoms with Gasteiger partial charge in [0.15, 0.2) is 9.84 Å². The molecule has 0 unspecified atom stereocenters. The first-order valence-electron chi connectivity index (χ1n) is 10.4. The average molecular weight is 445 g/mol. The van der Waals surface area contributed by atoms with Crippen LogP contribution in [0.15, 0.2) is 18.6 Å². The van der Waals surface area contributed by atoms with Crippen LogP contribution >= 0.6 is 0 Å². The molecule has 2 aromatic heterocycles. The zero-order chi connectivity index (χ0) is 21.5. The number of sulfone groups is 1. The first-order chi connectivity index (χ1) is 14.1. The van der Waals surface area contributed by atoms with Crippen molar-refractivity contribution >= 4 is 26.7 Å². The summed E-state index contributed by atoms with van der Waals surface area (Å²) in [6.45, 7) is 0. The highest BCUT2D eigenvalue weighted by Gasteiger charge is 2.42. The number of anilines is 1. The molecule has 2 heterocycles. The van der Waals surface area contributed by atoms with Gasteiger partial charge in [0, 0.05) is 19.3 Å². The Kier molecular flexibility index (Phi) is 5.71. The van der Waals surface area contributed by atoms with E-state index in [0.29, 0.717) is 12.8 Å². The maximum atomic E-state index is 12.8. The van der Waals surface area contributed by atoms with Crippen molar-refractivity contribution in [1.82, 2.24) is 15.0 Å². The molecule has 0 aliphatic heterocycles. The van der Waals surface area contributed by atoms with Gasteiger partial charge in [-0.1, -0.05) is 0 Å². The van der Waals surface area contributed by atoms with Gasteiger partial charge in [-0.3, -0.25) is 0 Å². The van der Waals surface area contributed by atoms with Crippen molar-refractivity contribution in [2.75, 3.05) is 23.5 Å². The van der Waals surface area contributed by atoms with E-state index in [9.17, 15) is 21.6 Å². The van der Waals surface area contributed by atoms with E-state index in [0.717, 1.165) is 29.7 Å². The molecule has 10 heteroatoms. The van der Waals surface area contributed by atoms with E-state index in [1.165, 1.54) is 6.33 Å². The first-order valence-corrected chi connectivity index (χ1v) is 12.2. The Morgan fingerprint density at radius 3 is 2.43 bits per heavy atom. The summed E-state index contributed by atoms with van der Waals surface area (Å²) >= 11 is 0. The van der Waals surface area contributed by atoms with Crippen molar-refractivity contribution in [3.8, 4) is 0 Å². The topological polar surface area (TPSA) is 79.0 Å². The molecule has 2 aromatic rings. The minimum Gasteiger partial charge on any atom is -0.356 e. The predicted octanol–water partition coefficient (Wildman–Crippen LogP) is 3.96. The van der Waals surface area contributed by atoms with Gasteiger partial charge in [0.1, 0.15) is 17.8 Å². The molecule has 30 heavy (non-hydrogen) atoms. The van der Waals surface area contributed by atoms with Gasteiger partial charge < -0.3 is 9.88 Å². The van der Waals surface area contributed by atoms with Crippen molar-refractivity contribution in [2.24, 2.45) is 17.8 Å². The molecule has 0 spiro atoms. The van der Waals surface area contributed by atoms with E-state index in [2.05, 4.69) is 19.9 Å². The molecule has 2 aliphatic rings. The number of H-pyrrole nitrogens is 1. The monoisotopic (exact) mass is 444 g/mol. The third kappa shape index (κ3) is 4.58. The number of aromatic amines is 1. The molecule has 6 nitrogen and oxygen atoms in total. The SMILES string of the molecule is CN(c1ncnc2[nH]ccc12)C1CC(CS(=O)(=O)CC2CCC(C(F)(F)F)CC2)C1. The van der Waals surface area contributed by atoms with Crippen molar-refractivity contribution in [3.05, 3.63) is 18.6 Å². The minimum atomic E-state index is -4.16. The average Bonchev–Trinajstić information content (AvgIpc) is 3.12. The molecule has 2 saturated carbocycles. The fourth-order valence-corrected chi connectivity index (χ4v) is 7.09. The molecule has 4 rings (SSSR count). The lowest BCUT2D eigenvalue weighted by atomic mass is 9.81. The van der Waals surface area contributed by atoms with Gasteiger partial charge in [-0.2, -0.15) is 13.2 Å². The number of hydrogen-bond acceptors (Lipinski definition) is 5. The largest absolute Gasteiger partial charge is 0.391 e. The number of aromatic nitrogens is 3. The first kappa shape index (κ1) is 21.4. The Morgan fingerprint density at radius 2 is 1.77 bits per heavy atom. The van der Waals surface area contributed by atoms with E-state index >= 15 is 0 Å². The highest BCUT2D eigenvalue weighted by Crippen LogP contribution is 2.40. The molecule has 1 N–H and O–H groups in total. The van der Waals surface area contributed by atoms with E-state index in [1.54, 1.807) is 0 Å². The quantitative estimate of drug-likeness (QED) is 0.730. The molecule has 0 amide bonds. The fourth-order valence-electron chi connectivity index (χ4n) is 4.91. The maximum Gasteiger partial charge on any atom is 0.391 e. The van der Waals surface area contributed by atoms with Crippen LogP contribution in [0.5, 0.6) is 0 Å². The van der Waals surface area contributed by atoms with E-state index in [1.807, 2.05) is 19.3 Å². The smallest absolute Gasteiger partial charge is 0.356 e. The van der Waals surface area contributed by atoms with Gasteiger partial charge in [-0.25, -0.2) is 18.4 Å². The number of fused-ring (bicyclic) bond motifs is 1. The van der Waals surface area contributed by atoms with Crippen molar-refractivity contribution in [1.29, 1.82) is 0 Å². The van der Waals surface area contributed by atoms with Gasteiger partial charge in [0.2, 0.25) is 0 Å². The lowest BCUT2D eigenvalue weighted by Crippen LogP contribution is -2.45. The summed E-state index contributed by atoms with van der Waals surface area (Å²) in [7, 11) is -1.30. The number of halogens is 3. The Bertz CT molecular complexity index is 977. The number of alkyl halides is 3. The molecular weight excluding hydrogens is 417 g/mol. The summed E-state index contributed by atoms with van der Waals surface area (Å²) < 4.78 is 63.6. The van der Waals surface area contributed by atoms with Crippen LogP contribution in [-0.4, -0.2) is 54.1 Å². The summed E-state index contributed by atoms with van der Waals surface area (Å²) in [6.07, 6.45) is 1.50. The molecule has 0 atom stereocenters. The van der Waals surface area contributed by atoms with Gasteiger partial charge in [-0.15, -0.1) is 0 Å². The molecule has 2 aliphatic carbocycles. The summed E-state index contributed by atoms with van der Waals surface area (Å²) in [6, 6.07) is 2.15. The Morgan fingerprint density at radius 1 is 1.10 bits per heavy atom. The van der Waals surface area contributed by atoms with Crippen molar-refractivity contribution in [3.63, 3.8) is 0 Å². The lowest BCUT2D eigenvalue weighted by Gasteiger charge is -2.42. The van der Waals surface area contributed by atoms with E-state index in [4.69, 9.17) is 0 Å². The van der Waals surface area contributed by atoms with Crippen LogP contribution in [0, 0.1) is 17.8 Å². The molecule has 0 radical (unpaired) electrons. The van der Waals surface area contributed by atoms with Crippen LogP contribution < -0.4 is 4.90 Å². The summed E-state index contributed by atoms with van der Waals surface area (Å²) in [5.41, 5.74) is 0.769. The molecule has 0 bridgehead atoms. The van der Waals surface area contributed by atoms with Crippen molar-refractivity contribution in [2.45, 2.75) is 50.7 Å². The van der Waals surface area contributed by atoms with Gasteiger partial charge in [0.25, 0.3) is 0 Å². The Labute approximate surface area is 174 Å². The van der Waals surface area contributed by atoms with Gasteiger partial charge in [0.05, 0.1) is 22.8 Å². The maximum absolute atomic E-state index is 12.8. The predicted molar refractivity (Wildman–Crippen MR) is 109 cm³/mol. The van der Waals surface area contributed by atoms with Crippen LogP contribution in [0.1, 0.15) is 38.5 Å². The fraction of sp³-hybridized carbons (Fsp3) is 0.700. The lowest BCUT2D eigenvalue weighted by molar-refractivity contribution is -0.183. The number of hydrogen-bond donors (Lipinski definition) is 1. The summed E-state index contributed by atoms with van der Waals surface area (Å²) in [4.78, 5) is 13.7. The van der Waals surface area contributed by atoms with Gasteiger partial charge in [-0.05, 0) is 56.4 Å². The molecule has 2 fully saturated rings. The Hall–Kier alpha value is -1.84. The summed E-state index contributed by atoms with van der Waals surface area (Å²) in [5.74, 6) is -0.348. The van der Waals surface area contributed by atoms with Crippen LogP contribution in [0.25, 0.3) is 11.0 Å². The van der Waals surface area contributed by atoms with Crippen LogP contribution in [0.2, 0.25) is 0 Å². The number of nitrogens with one attached hydrogen (secondary N) is 1. The van der Waals surface area contributed by atoms with Crippen molar-refractivity contribution < 1.29 is 21.6 Å². The third-order valence-corrected chi connectivity index (χ3v) is 8.67. The molecule has 0 saturated heterocycles. The third-order valence-electron chi connectivity index (χ3n) is 6.71. The molecular formula is C20H27F3N4O2S. The molecule has 166 valence electrons. The minimum absolute atomic E-state index is 0.0183. The standard InChI is InChI=1S/C20H27F3N4O2S/c1-27(19-17-6-7-24-18(17)25-12-26-19)16-8-14(9-16)11-30(28,29)10-13-2-4-15(5-3-13)20(21,22)23/h6-7,12-16H,2-5,8-11H2,1H3,(H,24,25,26). The molecule has 0 aromatic carbocycles. The normalized spacial score (nSPS) is 27.7. The summed E-state index contributed by atoms with van der Waals surface area (Å²) in [5, 5.41) is 0.936. The zero-order valence-corrected chi connectivity index (χ0v) is 17.7. The van der Waals surface area contributed by atoms with E-state index in [-0.39, 0.29) is 42.2 Å². The van der Waals surface area contributed by atoms with E-state index < -0.39 is 21.9 Å². The second kappa shape index (κ2) is 8.01. The second-order valence-electron chi connectivity index (χ2n) is 8.88. The second-order valence-corrected chi connectivity index (χ2v) is 11.0. The Balaban J connectivity index is 1.27.